The number of rotatable bonds is 3. The van der Waals surface area contributed by atoms with Crippen LogP contribution in [0.4, 0.5) is 5.69 Å². The van der Waals surface area contributed by atoms with Gasteiger partial charge in [0.1, 0.15) is 17.4 Å². The number of nitrogens with zero attached hydrogens (tertiary/aromatic N) is 2. The Morgan fingerprint density at radius 1 is 1.22 bits per heavy atom. The van der Waals surface area contributed by atoms with Gasteiger partial charge in [0.25, 0.3) is 0 Å². The number of hydrogen-bond acceptors (Lipinski definition) is 7. The number of amides is 1. The zero-order chi connectivity index (χ0) is 26.5. The fourth-order valence-corrected chi connectivity index (χ4v) is 7.58. The zero-order valence-corrected chi connectivity index (χ0v) is 22.7. The van der Waals surface area contributed by atoms with Gasteiger partial charge in [0.2, 0.25) is 5.91 Å². The highest BCUT2D eigenvalue weighted by Gasteiger charge is 2.65. The highest BCUT2D eigenvalue weighted by Crippen LogP contribution is 2.59. The molecule has 6 aliphatic heterocycles. The molecule has 6 aliphatic rings. The molecule has 1 aromatic rings. The molecule has 5 atom stereocenters. The van der Waals surface area contributed by atoms with Gasteiger partial charge >= 0.3 is 0 Å². The molecule has 0 aromatic heterocycles. The first-order chi connectivity index (χ1) is 17.4. The SMILES string of the molecule is CC1=C[C@@]23CCC(C[C@@]4(C(C)C)c5ccc6c(c5NC4O)OC=CC(C)(C)O6)(CN2C[C@H]1O)N(C)C3=O. The summed E-state index contributed by atoms with van der Waals surface area (Å²) in [5, 5.41) is 25.7. The molecule has 0 radical (unpaired) electrons. The summed E-state index contributed by atoms with van der Waals surface area (Å²) in [6, 6.07) is 3.99. The van der Waals surface area contributed by atoms with Gasteiger partial charge in [0, 0.05) is 25.6 Å². The number of carbonyl (C=O) groups is 1. The predicted octanol–water partition coefficient (Wildman–Crippen LogP) is 3.14. The Bertz CT molecular complexity index is 1220. The number of likely N-dealkylation sites (N-methyl/N-ethyl adjacent to an activating group) is 1. The van der Waals surface area contributed by atoms with E-state index in [2.05, 4.69) is 24.1 Å². The van der Waals surface area contributed by atoms with Crippen molar-refractivity contribution < 1.29 is 24.5 Å². The van der Waals surface area contributed by atoms with E-state index >= 15 is 0 Å². The van der Waals surface area contributed by atoms with Crippen LogP contribution >= 0.6 is 0 Å². The van der Waals surface area contributed by atoms with Crippen LogP contribution in [0.2, 0.25) is 0 Å². The molecule has 0 aliphatic carbocycles. The maximum atomic E-state index is 13.9. The van der Waals surface area contributed by atoms with Crippen molar-refractivity contribution in [1.82, 2.24) is 9.80 Å². The molecular weight excluding hydrogens is 470 g/mol. The number of fused-ring (bicyclic) bond motifs is 5. The Balaban J connectivity index is 1.44. The number of benzene rings is 1. The number of piperazine rings is 1. The number of piperidine rings is 2. The Morgan fingerprint density at radius 2 is 1.97 bits per heavy atom. The first kappa shape index (κ1) is 24.8. The normalized spacial score (nSPS) is 37.7. The molecule has 6 heterocycles. The highest BCUT2D eigenvalue weighted by atomic mass is 16.5. The van der Waals surface area contributed by atoms with Gasteiger partial charge in [0.05, 0.1) is 23.6 Å². The average Bonchev–Trinajstić information content (AvgIpc) is 3.00. The highest BCUT2D eigenvalue weighted by molar-refractivity contribution is 5.92. The van der Waals surface area contributed by atoms with Crippen LogP contribution in [0.3, 0.4) is 0 Å². The van der Waals surface area contributed by atoms with Crippen LogP contribution in [-0.2, 0) is 10.2 Å². The summed E-state index contributed by atoms with van der Waals surface area (Å²) in [5.74, 6) is 1.35. The van der Waals surface area contributed by atoms with Crippen LogP contribution in [0.5, 0.6) is 11.5 Å². The lowest BCUT2D eigenvalue weighted by molar-refractivity contribution is -0.179. The number of anilines is 1. The average molecular weight is 510 g/mol. The largest absolute Gasteiger partial charge is 0.480 e. The van der Waals surface area contributed by atoms with Crippen LogP contribution in [0, 0.1) is 5.92 Å². The van der Waals surface area contributed by atoms with E-state index in [-0.39, 0.29) is 11.8 Å². The number of aliphatic hydroxyl groups excluding tert-OH is 2. The molecule has 2 bridgehead atoms. The van der Waals surface area contributed by atoms with Crippen molar-refractivity contribution in [2.24, 2.45) is 5.92 Å². The lowest BCUT2D eigenvalue weighted by Gasteiger charge is -2.65. The molecule has 1 amide bonds. The summed E-state index contributed by atoms with van der Waals surface area (Å²) < 4.78 is 12.3. The number of carbonyl (C=O) groups excluding carboxylic acids is 1. The summed E-state index contributed by atoms with van der Waals surface area (Å²) in [6.07, 6.45) is 6.23. The van der Waals surface area contributed by atoms with Crippen LogP contribution < -0.4 is 14.8 Å². The Morgan fingerprint density at radius 3 is 2.70 bits per heavy atom. The predicted molar refractivity (Wildman–Crippen MR) is 140 cm³/mol. The Labute approximate surface area is 218 Å². The molecule has 2 unspecified atom stereocenters. The van der Waals surface area contributed by atoms with Crippen molar-refractivity contribution in [3.05, 3.63) is 41.7 Å². The topological polar surface area (TPSA) is 94.5 Å². The monoisotopic (exact) mass is 509 g/mol. The molecule has 0 saturated carbocycles. The van der Waals surface area contributed by atoms with E-state index in [4.69, 9.17) is 9.47 Å². The number of β-amino-alcohol motifs (C(OH)–C–C–N with tert-alkyl or cyclic N) is 1. The van der Waals surface area contributed by atoms with Gasteiger partial charge in [0.15, 0.2) is 11.5 Å². The van der Waals surface area contributed by atoms with Crippen molar-refractivity contribution in [3.63, 3.8) is 0 Å². The standard InChI is InChI=1S/C29H39N3O5/c1-17(2)29(19-7-8-21-23(22(19)30-24(29)34)36-12-11-26(4,5)37-21)15-27-9-10-28(25(35)31(27)6)13-18(3)20(33)14-32(28)16-27/h7-8,11-13,17,20,24,30,33-34H,9-10,14-16H2,1-6H3/t20-,24?,27?,28-,29-/m1/s1. The number of hydrogen-bond donors (Lipinski definition) is 3. The zero-order valence-electron chi connectivity index (χ0n) is 22.7. The number of nitrogens with one attached hydrogen (secondary N) is 1. The van der Waals surface area contributed by atoms with Crippen LogP contribution in [0.15, 0.2) is 36.1 Å². The second-order valence-corrected chi connectivity index (χ2v) is 12.7. The van der Waals surface area contributed by atoms with E-state index in [1.165, 1.54) is 0 Å². The van der Waals surface area contributed by atoms with Crippen LogP contribution in [-0.4, -0.2) is 75.1 Å². The molecule has 1 aromatic carbocycles. The molecule has 7 rings (SSSR count). The van der Waals surface area contributed by atoms with Gasteiger partial charge in [-0.05, 0) is 69.2 Å². The smallest absolute Gasteiger partial charge is 0.247 e. The van der Waals surface area contributed by atoms with Crippen LogP contribution in [0.25, 0.3) is 0 Å². The van der Waals surface area contributed by atoms with Crippen molar-refractivity contribution >= 4 is 11.6 Å². The van der Waals surface area contributed by atoms with Gasteiger partial charge in [-0.15, -0.1) is 0 Å². The van der Waals surface area contributed by atoms with Gasteiger partial charge in [-0.3, -0.25) is 9.69 Å². The lowest BCUT2D eigenvalue weighted by Crippen LogP contribution is -2.79. The summed E-state index contributed by atoms with van der Waals surface area (Å²) in [5.41, 5.74) is 0.281. The molecule has 3 N–H and O–H groups in total. The molecule has 37 heavy (non-hydrogen) atoms. The maximum absolute atomic E-state index is 13.9. The third-order valence-corrected chi connectivity index (χ3v) is 9.87. The van der Waals surface area contributed by atoms with Crippen molar-refractivity contribution in [3.8, 4) is 11.5 Å². The summed E-state index contributed by atoms with van der Waals surface area (Å²) in [4.78, 5) is 18.0. The summed E-state index contributed by atoms with van der Waals surface area (Å²) in [7, 11) is 1.92. The second-order valence-electron chi connectivity index (χ2n) is 12.7. The van der Waals surface area contributed by atoms with Gasteiger partial charge in [-0.1, -0.05) is 26.0 Å². The van der Waals surface area contributed by atoms with E-state index in [1.54, 1.807) is 6.26 Å². The third-order valence-electron chi connectivity index (χ3n) is 9.87. The minimum atomic E-state index is -0.863. The minimum absolute atomic E-state index is 0.0635. The van der Waals surface area contributed by atoms with Crippen molar-refractivity contribution in [2.75, 3.05) is 25.5 Å². The first-order valence-corrected chi connectivity index (χ1v) is 13.4. The maximum Gasteiger partial charge on any atom is 0.247 e. The molecule has 3 saturated heterocycles. The quantitative estimate of drug-likeness (QED) is 0.539. The fourth-order valence-electron chi connectivity index (χ4n) is 7.58. The lowest BCUT2D eigenvalue weighted by atomic mass is 9.59. The van der Waals surface area contributed by atoms with Gasteiger partial charge in [-0.25, -0.2) is 0 Å². The molecule has 8 nitrogen and oxygen atoms in total. The summed E-state index contributed by atoms with van der Waals surface area (Å²) >= 11 is 0. The number of ether oxygens (including phenoxy) is 2. The minimum Gasteiger partial charge on any atom is -0.480 e. The molecular formula is C29H39N3O5. The number of aliphatic hydroxyl groups is 2. The van der Waals surface area contributed by atoms with Crippen molar-refractivity contribution in [2.45, 2.75) is 88.3 Å². The Hall–Kier alpha value is -2.55. The van der Waals surface area contributed by atoms with Gasteiger partial charge < -0.3 is 29.9 Å². The van der Waals surface area contributed by atoms with E-state index in [9.17, 15) is 15.0 Å². The Kier molecular flexibility index (Phi) is 5.18. The van der Waals surface area contributed by atoms with Crippen molar-refractivity contribution in [1.29, 1.82) is 0 Å². The van der Waals surface area contributed by atoms with E-state index in [0.717, 1.165) is 23.2 Å². The first-order valence-electron chi connectivity index (χ1n) is 13.4. The van der Waals surface area contributed by atoms with Gasteiger partial charge in [-0.2, -0.15) is 0 Å². The molecule has 1 spiro atoms. The second kappa shape index (κ2) is 7.74. The summed E-state index contributed by atoms with van der Waals surface area (Å²) in [6.45, 7) is 11.3. The molecule has 200 valence electrons. The third kappa shape index (κ3) is 3.21. The fraction of sp³-hybridized carbons (Fsp3) is 0.621. The molecule has 3 fully saturated rings. The van der Waals surface area contributed by atoms with E-state index in [0.29, 0.717) is 37.4 Å². The molecule has 8 heteroatoms. The van der Waals surface area contributed by atoms with Crippen LogP contribution in [0.1, 0.15) is 59.4 Å². The van der Waals surface area contributed by atoms with E-state index in [1.807, 2.05) is 57.0 Å². The van der Waals surface area contributed by atoms with E-state index < -0.39 is 34.4 Å².